The van der Waals surface area contributed by atoms with Gasteiger partial charge < -0.3 is 10.0 Å². The molecule has 1 saturated heterocycles. The minimum absolute atomic E-state index is 0.0331. The number of fused-ring (bicyclic) bond motifs is 1. The van der Waals surface area contributed by atoms with E-state index in [0.29, 0.717) is 35.7 Å². The van der Waals surface area contributed by atoms with Crippen LogP contribution in [0.4, 0.5) is 5.82 Å². The van der Waals surface area contributed by atoms with Gasteiger partial charge in [-0.05, 0) is 38.7 Å². The maximum Gasteiger partial charge on any atom is 0.168 e. The third kappa shape index (κ3) is 5.14. The maximum absolute atomic E-state index is 13.0. The molecule has 1 aliphatic rings. The molecule has 0 radical (unpaired) electrons. The number of ketones is 2. The van der Waals surface area contributed by atoms with Crippen LogP contribution in [0.1, 0.15) is 68.1 Å². The lowest BCUT2D eigenvalue weighted by atomic mass is 9.91. The molecule has 1 N–H and O–H groups in total. The fraction of sp³-hybridized carbons (Fsp3) is 0.462. The molecule has 2 aromatic heterocycles. The molecule has 7 nitrogen and oxygen atoms in total. The van der Waals surface area contributed by atoms with Gasteiger partial charge in [0, 0.05) is 43.1 Å². The molecule has 0 amide bonds. The summed E-state index contributed by atoms with van der Waals surface area (Å²) in [7, 11) is 0. The Morgan fingerprint density at radius 3 is 2.64 bits per heavy atom. The molecular formula is C26H32N4O3. The molecule has 0 spiro atoms. The molecule has 1 atom stereocenters. The van der Waals surface area contributed by atoms with Crippen LogP contribution < -0.4 is 4.90 Å². The van der Waals surface area contributed by atoms with Crippen LogP contribution in [0, 0.1) is 5.92 Å². The van der Waals surface area contributed by atoms with Gasteiger partial charge in [0.2, 0.25) is 0 Å². The number of rotatable bonds is 8. The minimum atomic E-state index is -0.949. The van der Waals surface area contributed by atoms with Gasteiger partial charge in [-0.25, -0.2) is 4.98 Å². The molecule has 7 heteroatoms. The second-order valence-electron chi connectivity index (χ2n) is 9.44. The van der Waals surface area contributed by atoms with E-state index in [2.05, 4.69) is 15.0 Å². The van der Waals surface area contributed by atoms with Crippen molar-refractivity contribution in [3.63, 3.8) is 0 Å². The summed E-state index contributed by atoms with van der Waals surface area (Å²) in [5.74, 6) is 1.21. The van der Waals surface area contributed by atoms with Crippen LogP contribution in [0.5, 0.6) is 0 Å². The zero-order valence-electron chi connectivity index (χ0n) is 19.6. The molecular weight excluding hydrogens is 416 g/mol. The Morgan fingerprint density at radius 1 is 1.18 bits per heavy atom. The lowest BCUT2D eigenvalue weighted by Crippen LogP contribution is -2.39. The van der Waals surface area contributed by atoms with E-state index in [-0.39, 0.29) is 18.1 Å². The molecule has 1 fully saturated rings. The molecule has 174 valence electrons. The number of piperidine rings is 1. The van der Waals surface area contributed by atoms with Crippen LogP contribution in [-0.2, 0) is 16.8 Å². The molecule has 0 aliphatic carbocycles. The number of aliphatic hydroxyl groups is 1. The molecule has 1 aliphatic heterocycles. The Hall–Kier alpha value is -3.06. The van der Waals surface area contributed by atoms with E-state index < -0.39 is 5.60 Å². The average molecular weight is 449 g/mol. The normalized spacial score (nSPS) is 16.8. The second-order valence-corrected chi connectivity index (χ2v) is 9.44. The van der Waals surface area contributed by atoms with Crippen molar-refractivity contribution in [1.29, 1.82) is 0 Å². The van der Waals surface area contributed by atoms with Crippen molar-refractivity contribution in [2.45, 2.75) is 58.5 Å². The SMILES string of the molecule is CCCC(=O)[C@@H]1CCCN(c2cc(CC(=O)c3ccc(C(C)(C)O)cc3)nc3ccnn23)C1. The summed E-state index contributed by atoms with van der Waals surface area (Å²) in [4.78, 5) is 32.3. The van der Waals surface area contributed by atoms with Crippen molar-refractivity contribution in [3.8, 4) is 0 Å². The summed E-state index contributed by atoms with van der Waals surface area (Å²) in [6.07, 6.45) is 5.25. The number of hydrogen-bond acceptors (Lipinski definition) is 6. The number of carbonyl (C=O) groups is 2. The summed E-state index contributed by atoms with van der Waals surface area (Å²) in [6, 6.07) is 10.8. The van der Waals surface area contributed by atoms with Crippen LogP contribution in [-0.4, -0.2) is 44.4 Å². The number of aromatic nitrogens is 3. The van der Waals surface area contributed by atoms with Gasteiger partial charge in [0.25, 0.3) is 0 Å². The summed E-state index contributed by atoms with van der Waals surface area (Å²) >= 11 is 0. The highest BCUT2D eigenvalue weighted by Gasteiger charge is 2.27. The fourth-order valence-electron chi connectivity index (χ4n) is 4.49. The van der Waals surface area contributed by atoms with Gasteiger partial charge >= 0.3 is 0 Å². The quantitative estimate of drug-likeness (QED) is 0.525. The molecule has 4 rings (SSSR count). The first-order chi connectivity index (χ1) is 15.8. The summed E-state index contributed by atoms with van der Waals surface area (Å²) < 4.78 is 1.79. The van der Waals surface area contributed by atoms with Gasteiger partial charge in [-0.2, -0.15) is 9.61 Å². The second kappa shape index (κ2) is 9.43. The van der Waals surface area contributed by atoms with E-state index >= 15 is 0 Å². The number of anilines is 1. The lowest BCUT2D eigenvalue weighted by Gasteiger charge is -2.33. The van der Waals surface area contributed by atoms with Gasteiger partial charge in [-0.1, -0.05) is 31.2 Å². The number of hydrogen-bond donors (Lipinski definition) is 1. The van der Waals surface area contributed by atoms with Gasteiger partial charge in [-0.15, -0.1) is 0 Å². The maximum atomic E-state index is 13.0. The lowest BCUT2D eigenvalue weighted by molar-refractivity contribution is -0.123. The van der Waals surface area contributed by atoms with E-state index in [1.54, 1.807) is 48.8 Å². The van der Waals surface area contributed by atoms with E-state index in [9.17, 15) is 14.7 Å². The molecule has 3 heterocycles. The zero-order chi connectivity index (χ0) is 23.6. The van der Waals surface area contributed by atoms with Gasteiger partial charge in [-0.3, -0.25) is 9.59 Å². The van der Waals surface area contributed by atoms with Crippen molar-refractivity contribution in [2.75, 3.05) is 18.0 Å². The van der Waals surface area contributed by atoms with Crippen molar-refractivity contribution >= 4 is 23.0 Å². The fourth-order valence-corrected chi connectivity index (χ4v) is 4.49. The Morgan fingerprint density at radius 2 is 1.94 bits per heavy atom. The molecule has 33 heavy (non-hydrogen) atoms. The Labute approximate surface area is 194 Å². The average Bonchev–Trinajstić information content (AvgIpc) is 3.27. The topological polar surface area (TPSA) is 87.8 Å². The number of benzene rings is 1. The van der Waals surface area contributed by atoms with Crippen molar-refractivity contribution in [1.82, 2.24) is 14.6 Å². The van der Waals surface area contributed by atoms with Gasteiger partial charge in [0.1, 0.15) is 11.6 Å². The van der Waals surface area contributed by atoms with E-state index in [0.717, 1.165) is 37.2 Å². The van der Waals surface area contributed by atoms with Crippen molar-refractivity contribution in [3.05, 3.63) is 59.4 Å². The molecule has 0 unspecified atom stereocenters. The predicted octanol–water partition coefficient (Wildman–Crippen LogP) is 3.97. The first kappa shape index (κ1) is 23.1. The van der Waals surface area contributed by atoms with Crippen LogP contribution in [0.3, 0.4) is 0 Å². The van der Waals surface area contributed by atoms with Crippen LogP contribution in [0.2, 0.25) is 0 Å². The van der Waals surface area contributed by atoms with E-state index in [1.165, 1.54) is 0 Å². The highest BCUT2D eigenvalue weighted by atomic mass is 16.3. The van der Waals surface area contributed by atoms with Crippen LogP contribution in [0.15, 0.2) is 42.6 Å². The highest BCUT2D eigenvalue weighted by Crippen LogP contribution is 2.26. The monoisotopic (exact) mass is 448 g/mol. The Balaban J connectivity index is 1.57. The Kier molecular flexibility index (Phi) is 6.61. The summed E-state index contributed by atoms with van der Waals surface area (Å²) in [5.41, 5.74) is 1.77. The highest BCUT2D eigenvalue weighted by molar-refractivity contribution is 5.97. The molecule has 3 aromatic rings. The Bertz CT molecular complexity index is 1140. The molecule has 0 saturated carbocycles. The first-order valence-electron chi connectivity index (χ1n) is 11.7. The molecule has 1 aromatic carbocycles. The molecule has 0 bridgehead atoms. The third-order valence-electron chi connectivity index (χ3n) is 6.35. The van der Waals surface area contributed by atoms with Gasteiger partial charge in [0.15, 0.2) is 11.4 Å². The standard InChI is InChI=1S/C26H32N4O3/c1-4-6-22(31)19-7-5-14-29(17-19)25-16-21(28-24-12-13-27-30(24)25)15-23(32)18-8-10-20(11-9-18)26(2,3)33/h8-13,16,19,33H,4-7,14-15,17H2,1-3H3/t19-/m1/s1. The predicted molar refractivity (Wildman–Crippen MR) is 128 cm³/mol. The summed E-state index contributed by atoms with van der Waals surface area (Å²) in [5, 5.41) is 14.6. The van der Waals surface area contributed by atoms with E-state index in [1.807, 2.05) is 19.1 Å². The minimum Gasteiger partial charge on any atom is -0.386 e. The van der Waals surface area contributed by atoms with Gasteiger partial charge in [0.05, 0.1) is 23.9 Å². The van der Waals surface area contributed by atoms with Crippen molar-refractivity contribution < 1.29 is 14.7 Å². The third-order valence-corrected chi connectivity index (χ3v) is 6.35. The zero-order valence-corrected chi connectivity index (χ0v) is 19.6. The largest absolute Gasteiger partial charge is 0.386 e. The van der Waals surface area contributed by atoms with E-state index in [4.69, 9.17) is 0 Å². The van der Waals surface area contributed by atoms with Crippen molar-refractivity contribution in [2.24, 2.45) is 5.92 Å². The first-order valence-corrected chi connectivity index (χ1v) is 11.7. The van der Waals surface area contributed by atoms with Crippen LogP contribution in [0.25, 0.3) is 5.65 Å². The smallest absolute Gasteiger partial charge is 0.168 e. The number of Topliss-reactive ketones (excluding diaryl/α,β-unsaturated/α-hetero) is 2. The summed E-state index contributed by atoms with van der Waals surface area (Å²) in [6.45, 7) is 6.99. The number of carbonyl (C=O) groups excluding carboxylic acids is 2. The number of nitrogens with zero attached hydrogens (tertiary/aromatic N) is 4. The van der Waals surface area contributed by atoms with Crippen LogP contribution >= 0.6 is 0 Å².